The van der Waals surface area contributed by atoms with E-state index in [1.165, 1.54) is 5.37 Å². The number of amides is 1. The minimum Gasteiger partial charge on any atom is -0.445 e. The van der Waals surface area contributed by atoms with E-state index < -0.39 is 21.7 Å². The van der Waals surface area contributed by atoms with E-state index in [9.17, 15) is 13.8 Å². The van der Waals surface area contributed by atoms with Crippen LogP contribution in [-0.2, 0) is 25.7 Å². The van der Waals surface area contributed by atoms with Gasteiger partial charge in [0.25, 0.3) is 0 Å². The highest BCUT2D eigenvalue weighted by atomic mass is 32.2. The van der Waals surface area contributed by atoms with Crippen LogP contribution in [0.25, 0.3) is 0 Å². The maximum Gasteiger partial charge on any atom is 0.408 e. The maximum absolute atomic E-state index is 12.8. The molecule has 1 aromatic carbocycles. The predicted octanol–water partition coefficient (Wildman–Crippen LogP) is 2.63. The Kier molecular flexibility index (Phi) is 5.70. The Balaban J connectivity index is 1.69. The quantitative estimate of drug-likeness (QED) is 0.707. The van der Waals surface area contributed by atoms with Gasteiger partial charge in [0, 0.05) is 17.9 Å². The summed E-state index contributed by atoms with van der Waals surface area (Å²) in [4.78, 5) is 25.1. The molecule has 1 aromatic rings. The van der Waals surface area contributed by atoms with Gasteiger partial charge in [0.05, 0.1) is 6.04 Å². The van der Waals surface area contributed by atoms with Crippen LogP contribution in [0.3, 0.4) is 0 Å². The standard InChI is InChI=1S/C20H27NO4S/c1-26(2,24)13-17(22)19(18(15-8-9-15)16-10-11-16)21-20(23)25-12-14-6-4-3-5-7-14/h3-7,13,15-16,18-19H,8-12H2,1-2H3,(H,21,23)/t19-/m1/s1. The number of alkyl carbamates (subject to hydrolysis) is 1. The molecule has 0 spiro atoms. The Bertz CT molecular complexity index is 754. The SMILES string of the molecule is CS(C)(=O)=CC(=O)[C@@H](NC(=O)OCc1ccccc1)C(C1CC1)C1CC1. The number of Topliss-reactive ketones (excluding diaryl/α,β-unsaturated/α-hetero) is 1. The first kappa shape index (κ1) is 19.0. The van der Waals surface area contributed by atoms with Crippen molar-refractivity contribution in [2.45, 2.75) is 38.3 Å². The van der Waals surface area contributed by atoms with Crippen LogP contribution in [0, 0.1) is 17.8 Å². The molecular formula is C20H27NO4S. The number of carbonyl (C=O) groups excluding carboxylic acids is 2. The van der Waals surface area contributed by atoms with Gasteiger partial charge in [-0.3, -0.25) is 9.00 Å². The molecule has 1 atom stereocenters. The van der Waals surface area contributed by atoms with Gasteiger partial charge in [-0.25, -0.2) is 4.79 Å². The number of benzene rings is 1. The maximum atomic E-state index is 12.8. The molecule has 1 N–H and O–H groups in total. The van der Waals surface area contributed by atoms with Crippen molar-refractivity contribution in [1.29, 1.82) is 0 Å². The lowest BCUT2D eigenvalue weighted by atomic mass is 9.87. The molecule has 0 saturated heterocycles. The zero-order valence-corrected chi connectivity index (χ0v) is 16.2. The van der Waals surface area contributed by atoms with E-state index in [1.807, 2.05) is 30.3 Å². The van der Waals surface area contributed by atoms with Crippen molar-refractivity contribution in [2.75, 3.05) is 12.5 Å². The van der Waals surface area contributed by atoms with Crippen molar-refractivity contribution in [2.24, 2.45) is 17.8 Å². The number of nitrogens with one attached hydrogen (secondary N) is 1. The third-order valence-electron chi connectivity index (χ3n) is 4.91. The normalized spacial score (nSPS) is 18.3. The van der Waals surface area contributed by atoms with Gasteiger partial charge in [-0.1, -0.05) is 30.3 Å². The molecule has 0 aromatic heterocycles. The van der Waals surface area contributed by atoms with E-state index in [-0.39, 0.29) is 18.3 Å². The van der Waals surface area contributed by atoms with Gasteiger partial charge in [0.15, 0.2) is 5.78 Å². The van der Waals surface area contributed by atoms with Crippen molar-refractivity contribution in [1.82, 2.24) is 5.32 Å². The van der Waals surface area contributed by atoms with Crippen molar-refractivity contribution in [3.05, 3.63) is 35.9 Å². The molecule has 3 rings (SSSR count). The zero-order valence-electron chi connectivity index (χ0n) is 15.4. The smallest absolute Gasteiger partial charge is 0.408 e. The minimum atomic E-state index is -2.32. The fraction of sp³-hybridized carbons (Fsp3) is 0.550. The van der Waals surface area contributed by atoms with Crippen molar-refractivity contribution >= 4 is 26.8 Å². The topological polar surface area (TPSA) is 72.5 Å². The molecule has 2 saturated carbocycles. The Morgan fingerprint density at radius 1 is 1.15 bits per heavy atom. The van der Waals surface area contributed by atoms with Gasteiger partial charge in [0.1, 0.15) is 6.61 Å². The molecule has 2 fully saturated rings. The largest absolute Gasteiger partial charge is 0.445 e. The van der Waals surface area contributed by atoms with Crippen LogP contribution in [0.5, 0.6) is 0 Å². The molecule has 5 nitrogen and oxygen atoms in total. The number of rotatable bonds is 8. The first-order valence-corrected chi connectivity index (χ1v) is 11.6. The highest BCUT2D eigenvalue weighted by Crippen LogP contribution is 2.50. The molecular weight excluding hydrogens is 350 g/mol. The van der Waals surface area contributed by atoms with Crippen LogP contribution in [-0.4, -0.2) is 40.0 Å². The lowest BCUT2D eigenvalue weighted by molar-refractivity contribution is -0.115. The lowest BCUT2D eigenvalue weighted by Gasteiger charge is -2.26. The number of ketones is 1. The van der Waals surface area contributed by atoms with Crippen LogP contribution in [0.2, 0.25) is 0 Å². The molecule has 0 radical (unpaired) electrons. The second kappa shape index (κ2) is 7.82. The number of carbonyl (C=O) groups is 2. The Labute approximate surface area is 155 Å². The second-order valence-corrected chi connectivity index (χ2v) is 10.6. The molecule has 0 heterocycles. The molecule has 142 valence electrons. The fourth-order valence-electron chi connectivity index (χ4n) is 3.49. The lowest BCUT2D eigenvalue weighted by Crippen LogP contribution is -2.48. The summed E-state index contributed by atoms with van der Waals surface area (Å²) < 4.78 is 17.4. The first-order valence-electron chi connectivity index (χ1n) is 9.13. The summed E-state index contributed by atoms with van der Waals surface area (Å²) in [6.07, 6.45) is 6.88. The van der Waals surface area contributed by atoms with Crippen molar-refractivity contribution in [3.63, 3.8) is 0 Å². The summed E-state index contributed by atoms with van der Waals surface area (Å²) in [7, 11) is -2.32. The average Bonchev–Trinajstić information content (AvgIpc) is 3.45. The monoisotopic (exact) mass is 377 g/mol. The van der Waals surface area contributed by atoms with Crippen LogP contribution in [0.1, 0.15) is 31.2 Å². The highest BCUT2D eigenvalue weighted by molar-refractivity contribution is 8.01. The summed E-state index contributed by atoms with van der Waals surface area (Å²) in [5, 5.41) is 4.07. The molecule has 0 unspecified atom stereocenters. The minimum absolute atomic E-state index is 0.129. The molecule has 1 amide bonds. The van der Waals surface area contributed by atoms with E-state index >= 15 is 0 Å². The van der Waals surface area contributed by atoms with Crippen LogP contribution >= 0.6 is 0 Å². The zero-order chi connectivity index (χ0) is 18.7. The molecule has 2 aliphatic carbocycles. The van der Waals surface area contributed by atoms with E-state index in [0.29, 0.717) is 11.8 Å². The van der Waals surface area contributed by atoms with Gasteiger partial charge in [-0.15, -0.1) is 0 Å². The van der Waals surface area contributed by atoms with Crippen LogP contribution < -0.4 is 5.32 Å². The van der Waals surface area contributed by atoms with E-state index in [4.69, 9.17) is 4.74 Å². The Morgan fingerprint density at radius 2 is 1.73 bits per heavy atom. The average molecular weight is 378 g/mol. The first-order chi connectivity index (χ1) is 12.3. The fourth-order valence-corrected chi connectivity index (χ4v) is 4.20. The summed E-state index contributed by atoms with van der Waals surface area (Å²) in [5.41, 5.74) is 0.892. The molecule has 0 aliphatic heterocycles. The molecule has 26 heavy (non-hydrogen) atoms. The summed E-state index contributed by atoms with van der Waals surface area (Å²) >= 11 is 0. The van der Waals surface area contributed by atoms with E-state index in [2.05, 4.69) is 5.32 Å². The Hall–Kier alpha value is -1.82. The van der Waals surface area contributed by atoms with Crippen molar-refractivity contribution < 1.29 is 18.5 Å². The highest BCUT2D eigenvalue weighted by Gasteiger charge is 2.48. The number of hydrogen-bond donors (Lipinski definition) is 1. The van der Waals surface area contributed by atoms with Gasteiger partial charge >= 0.3 is 6.09 Å². The summed E-state index contributed by atoms with van der Waals surface area (Å²) in [6.45, 7) is 0.160. The van der Waals surface area contributed by atoms with Crippen molar-refractivity contribution in [3.8, 4) is 0 Å². The second-order valence-electron chi connectivity index (χ2n) is 7.77. The molecule has 2 aliphatic rings. The van der Waals surface area contributed by atoms with Gasteiger partial charge < -0.3 is 10.1 Å². The number of ether oxygens (including phenoxy) is 1. The Morgan fingerprint density at radius 3 is 2.23 bits per heavy atom. The third-order valence-corrected chi connectivity index (χ3v) is 5.71. The van der Waals surface area contributed by atoms with E-state index in [1.54, 1.807) is 12.5 Å². The van der Waals surface area contributed by atoms with Crippen LogP contribution in [0.4, 0.5) is 4.79 Å². The summed E-state index contributed by atoms with van der Waals surface area (Å²) in [6, 6.07) is 8.78. The molecule has 0 bridgehead atoms. The van der Waals surface area contributed by atoms with Gasteiger partial charge in [-0.2, -0.15) is 0 Å². The van der Waals surface area contributed by atoms with Gasteiger partial charge in [0.2, 0.25) is 0 Å². The predicted molar refractivity (Wildman–Crippen MR) is 104 cm³/mol. The number of hydrogen-bond acceptors (Lipinski definition) is 4. The summed E-state index contributed by atoms with van der Waals surface area (Å²) in [5.74, 6) is 0.832. The van der Waals surface area contributed by atoms with Crippen LogP contribution in [0.15, 0.2) is 30.3 Å². The third kappa shape index (κ3) is 5.59. The van der Waals surface area contributed by atoms with Gasteiger partial charge in [-0.05, 0) is 58.5 Å². The molecule has 6 heteroatoms. The van der Waals surface area contributed by atoms with E-state index in [0.717, 1.165) is 31.2 Å².